The van der Waals surface area contributed by atoms with Crippen LogP contribution in [0, 0.1) is 0 Å². The Morgan fingerprint density at radius 3 is 2.55 bits per heavy atom. The quantitative estimate of drug-likeness (QED) is 0.914. The second kappa shape index (κ2) is 7.17. The largest absolute Gasteiger partial charge is 0.482 e. The van der Waals surface area contributed by atoms with Gasteiger partial charge in [-0.2, -0.15) is 0 Å². The summed E-state index contributed by atoms with van der Waals surface area (Å²) in [6, 6.07) is 14.7. The normalized spacial score (nSPS) is 10.1. The topological polar surface area (TPSA) is 38.3 Å². The Balaban J connectivity index is 1.82. The highest BCUT2D eigenvalue weighted by molar-refractivity contribution is 6.42. The number of ether oxygens (including phenoxy) is 1. The smallest absolute Gasteiger partial charge is 0.258 e. The Morgan fingerprint density at radius 1 is 1.05 bits per heavy atom. The highest BCUT2D eigenvalue weighted by Gasteiger charge is 2.08. The minimum atomic E-state index is -0.218. The molecule has 5 heteroatoms. The lowest BCUT2D eigenvalue weighted by molar-refractivity contribution is -0.123. The Bertz CT molecular complexity index is 588. The summed E-state index contributed by atoms with van der Waals surface area (Å²) < 4.78 is 5.34. The van der Waals surface area contributed by atoms with Crippen molar-refractivity contribution in [3.63, 3.8) is 0 Å². The molecule has 0 aliphatic carbocycles. The summed E-state index contributed by atoms with van der Waals surface area (Å²) in [5.41, 5.74) is 1.03. The number of benzene rings is 2. The van der Waals surface area contributed by atoms with Gasteiger partial charge < -0.3 is 10.1 Å². The molecular formula is C15H13Cl2NO2. The van der Waals surface area contributed by atoms with Gasteiger partial charge in [0.15, 0.2) is 6.61 Å². The molecule has 0 spiro atoms. The number of carbonyl (C=O) groups is 1. The zero-order valence-corrected chi connectivity index (χ0v) is 12.1. The molecule has 0 heterocycles. The molecule has 0 aromatic heterocycles. The predicted molar refractivity (Wildman–Crippen MR) is 80.2 cm³/mol. The number of hydrogen-bond acceptors (Lipinski definition) is 2. The Morgan fingerprint density at radius 2 is 1.80 bits per heavy atom. The fourth-order valence-corrected chi connectivity index (χ4v) is 1.93. The van der Waals surface area contributed by atoms with Gasteiger partial charge in [-0.1, -0.05) is 59.6 Å². The molecule has 2 aromatic carbocycles. The molecule has 0 saturated heterocycles. The number of hydrogen-bond donors (Lipinski definition) is 1. The van der Waals surface area contributed by atoms with Crippen molar-refractivity contribution in [1.29, 1.82) is 0 Å². The van der Waals surface area contributed by atoms with Crippen molar-refractivity contribution in [3.05, 3.63) is 64.1 Å². The third kappa shape index (κ3) is 4.15. The molecule has 0 unspecified atom stereocenters. The van der Waals surface area contributed by atoms with Crippen LogP contribution in [0.15, 0.2) is 48.5 Å². The summed E-state index contributed by atoms with van der Waals surface area (Å²) in [6.45, 7) is 0.360. The van der Waals surface area contributed by atoms with E-state index in [1.165, 1.54) is 0 Å². The standard InChI is InChI=1S/C15H13Cl2NO2/c16-12-7-4-8-13(15(12)17)20-10-14(19)18-9-11-5-2-1-3-6-11/h1-8H,9-10H2,(H,18,19). The monoisotopic (exact) mass is 309 g/mol. The van der Waals surface area contributed by atoms with Crippen LogP contribution in [0.3, 0.4) is 0 Å². The summed E-state index contributed by atoms with van der Waals surface area (Å²) >= 11 is 11.8. The fraction of sp³-hybridized carbons (Fsp3) is 0.133. The van der Waals surface area contributed by atoms with Crippen molar-refractivity contribution in [2.24, 2.45) is 0 Å². The van der Waals surface area contributed by atoms with Crippen LogP contribution in [0.1, 0.15) is 5.56 Å². The van der Waals surface area contributed by atoms with Crippen LogP contribution < -0.4 is 10.1 Å². The highest BCUT2D eigenvalue weighted by Crippen LogP contribution is 2.31. The van der Waals surface area contributed by atoms with E-state index in [4.69, 9.17) is 27.9 Å². The van der Waals surface area contributed by atoms with Crippen LogP contribution in [-0.2, 0) is 11.3 Å². The molecule has 20 heavy (non-hydrogen) atoms. The Hall–Kier alpha value is -1.71. The van der Waals surface area contributed by atoms with Crippen LogP contribution in [0.5, 0.6) is 5.75 Å². The molecule has 0 fully saturated rings. The summed E-state index contributed by atoms with van der Waals surface area (Å²) in [5.74, 6) is 0.180. The molecule has 0 saturated carbocycles. The third-order valence-electron chi connectivity index (χ3n) is 2.61. The van der Waals surface area contributed by atoms with Gasteiger partial charge in [-0.3, -0.25) is 4.79 Å². The van der Waals surface area contributed by atoms with Crippen molar-refractivity contribution >= 4 is 29.1 Å². The van der Waals surface area contributed by atoms with Crippen molar-refractivity contribution in [2.75, 3.05) is 6.61 Å². The van der Waals surface area contributed by atoms with Gasteiger partial charge in [0.1, 0.15) is 10.8 Å². The first kappa shape index (κ1) is 14.7. The van der Waals surface area contributed by atoms with Crippen LogP contribution >= 0.6 is 23.2 Å². The number of carbonyl (C=O) groups excluding carboxylic acids is 1. The number of amides is 1. The van der Waals surface area contributed by atoms with Crippen LogP contribution in [-0.4, -0.2) is 12.5 Å². The van der Waals surface area contributed by atoms with Crippen molar-refractivity contribution < 1.29 is 9.53 Å². The van der Waals surface area contributed by atoms with E-state index < -0.39 is 0 Å². The molecule has 0 atom stereocenters. The average Bonchev–Trinajstić information content (AvgIpc) is 2.48. The second-order valence-corrected chi connectivity index (χ2v) is 4.89. The minimum absolute atomic E-state index is 0.104. The van der Waals surface area contributed by atoms with Gasteiger partial charge in [0, 0.05) is 6.54 Å². The van der Waals surface area contributed by atoms with E-state index >= 15 is 0 Å². The lowest BCUT2D eigenvalue weighted by Crippen LogP contribution is -2.28. The van der Waals surface area contributed by atoms with Gasteiger partial charge in [-0.25, -0.2) is 0 Å². The van der Waals surface area contributed by atoms with Crippen LogP contribution in [0.4, 0.5) is 0 Å². The Labute approximate surface area is 127 Å². The van der Waals surface area contributed by atoms with Crippen LogP contribution in [0.2, 0.25) is 10.0 Å². The van der Waals surface area contributed by atoms with E-state index in [1.807, 2.05) is 30.3 Å². The SMILES string of the molecule is O=C(COc1cccc(Cl)c1Cl)NCc1ccccc1. The predicted octanol–water partition coefficient (Wildman–Crippen LogP) is 3.69. The van der Waals surface area contributed by atoms with E-state index in [9.17, 15) is 4.79 Å². The van der Waals surface area contributed by atoms with Gasteiger partial charge in [0.25, 0.3) is 5.91 Å². The Kier molecular flexibility index (Phi) is 5.27. The lowest BCUT2D eigenvalue weighted by Gasteiger charge is -2.09. The zero-order valence-electron chi connectivity index (χ0n) is 10.6. The summed E-state index contributed by atoms with van der Waals surface area (Å²) in [4.78, 5) is 11.7. The second-order valence-electron chi connectivity index (χ2n) is 4.10. The van der Waals surface area contributed by atoms with Gasteiger partial charge in [0.05, 0.1) is 5.02 Å². The van der Waals surface area contributed by atoms with Crippen molar-refractivity contribution in [3.8, 4) is 5.75 Å². The number of rotatable bonds is 5. The van der Waals surface area contributed by atoms with Gasteiger partial charge >= 0.3 is 0 Å². The lowest BCUT2D eigenvalue weighted by atomic mass is 10.2. The highest BCUT2D eigenvalue weighted by atomic mass is 35.5. The molecular weight excluding hydrogens is 297 g/mol. The number of halogens is 2. The minimum Gasteiger partial charge on any atom is -0.482 e. The van der Waals surface area contributed by atoms with Crippen LogP contribution in [0.25, 0.3) is 0 Å². The maximum Gasteiger partial charge on any atom is 0.258 e. The number of nitrogens with one attached hydrogen (secondary N) is 1. The first-order chi connectivity index (χ1) is 9.66. The summed E-state index contributed by atoms with van der Waals surface area (Å²) in [5, 5.41) is 3.47. The molecule has 104 valence electrons. The molecule has 0 aliphatic heterocycles. The maximum atomic E-state index is 11.7. The molecule has 2 rings (SSSR count). The van der Waals surface area contributed by atoms with Gasteiger partial charge in [-0.15, -0.1) is 0 Å². The van der Waals surface area contributed by atoms with E-state index in [-0.39, 0.29) is 12.5 Å². The van der Waals surface area contributed by atoms with Gasteiger partial charge in [0.2, 0.25) is 0 Å². The molecule has 0 bridgehead atoms. The molecule has 0 radical (unpaired) electrons. The first-order valence-electron chi connectivity index (χ1n) is 6.04. The first-order valence-corrected chi connectivity index (χ1v) is 6.80. The van der Waals surface area contributed by atoms with E-state index in [1.54, 1.807) is 18.2 Å². The third-order valence-corrected chi connectivity index (χ3v) is 3.41. The average molecular weight is 310 g/mol. The van der Waals surface area contributed by atoms with Crippen molar-refractivity contribution in [2.45, 2.75) is 6.54 Å². The summed E-state index contributed by atoms with van der Waals surface area (Å²) in [6.07, 6.45) is 0. The molecule has 1 amide bonds. The fourth-order valence-electron chi connectivity index (χ4n) is 1.59. The van der Waals surface area contributed by atoms with Gasteiger partial charge in [-0.05, 0) is 17.7 Å². The molecule has 3 nitrogen and oxygen atoms in total. The van der Waals surface area contributed by atoms with Crippen molar-refractivity contribution in [1.82, 2.24) is 5.32 Å². The molecule has 2 aromatic rings. The maximum absolute atomic E-state index is 11.7. The van der Waals surface area contributed by atoms with E-state index in [0.29, 0.717) is 22.3 Å². The zero-order chi connectivity index (χ0) is 14.4. The molecule has 1 N–H and O–H groups in total. The molecule has 0 aliphatic rings. The van der Waals surface area contributed by atoms with E-state index in [2.05, 4.69) is 5.32 Å². The summed E-state index contributed by atoms with van der Waals surface area (Å²) in [7, 11) is 0. The van der Waals surface area contributed by atoms with E-state index in [0.717, 1.165) is 5.56 Å².